The molecule has 0 aliphatic heterocycles. The Morgan fingerprint density at radius 1 is 1.00 bits per heavy atom. The van der Waals surface area contributed by atoms with Gasteiger partial charge in [0.05, 0.1) is 0 Å². The first kappa shape index (κ1) is 40.2. The van der Waals surface area contributed by atoms with Gasteiger partial charge in [0.1, 0.15) is 0 Å². The first-order valence-corrected chi connectivity index (χ1v) is 0. The molecule has 0 amide bonds. The average Bonchev–Trinajstić information content (AvgIpc) is 0. The largest absolute Gasteiger partial charge is 0.344 e. The summed E-state index contributed by atoms with van der Waals surface area (Å²) < 4.78 is 0. The van der Waals surface area contributed by atoms with Crippen LogP contribution in [-0.2, 0) is 0 Å². The van der Waals surface area contributed by atoms with Crippen molar-refractivity contribution in [2.45, 2.75) is 0 Å². The van der Waals surface area contributed by atoms with Gasteiger partial charge >= 0.3 is 0 Å². The van der Waals surface area contributed by atoms with Crippen LogP contribution >= 0.6 is 9.90 Å². The Bertz CT molecular complexity index is 11.6. The van der Waals surface area contributed by atoms with E-state index >= 15 is 0 Å². The molecule has 0 fully saturated rings. The smallest absolute Gasteiger partial charge is 0 e. The van der Waals surface area contributed by atoms with Crippen LogP contribution in [0.3, 0.4) is 0 Å². The molecule has 0 heterocycles. The minimum Gasteiger partial charge on any atom is -0.344 e. The summed E-state index contributed by atoms with van der Waals surface area (Å²) in [6.45, 7) is 0. The first-order chi connectivity index (χ1) is 0. The molecular weight excluding hydrogens is 135 g/mol. The van der Waals surface area contributed by atoms with Crippen LogP contribution in [0.25, 0.3) is 0 Å². The molecule has 3 N–H and O–H groups in total. The molecule has 22 valence electrons. The summed E-state index contributed by atoms with van der Waals surface area (Å²) in [6, 6.07) is 0. The maximum Gasteiger partial charge on any atom is 0 e. The SMILES string of the molecule is N.P.[B].[Ca].[K]. The van der Waals surface area contributed by atoms with Gasteiger partial charge in [-0.2, -0.15) is 9.90 Å². The Kier molecular flexibility index (Phi) is 212. The van der Waals surface area contributed by atoms with Crippen molar-refractivity contribution in [3.63, 3.8) is 0 Å². The van der Waals surface area contributed by atoms with Gasteiger partial charge in [0.2, 0.25) is 0 Å². The fourth-order valence-corrected chi connectivity index (χ4v) is 0. The van der Waals surface area contributed by atoms with Gasteiger partial charge in [-0.1, -0.05) is 0 Å². The summed E-state index contributed by atoms with van der Waals surface area (Å²) in [6.07, 6.45) is 0. The second kappa shape index (κ2) is 26.4. The average molecular weight is 141 g/mol. The van der Waals surface area contributed by atoms with Gasteiger partial charge in [0, 0.05) is 97.5 Å². The van der Waals surface area contributed by atoms with E-state index in [0.717, 1.165) is 0 Å². The van der Waals surface area contributed by atoms with Crippen LogP contribution in [0.2, 0.25) is 0 Å². The van der Waals surface area contributed by atoms with E-state index in [0.29, 0.717) is 0 Å². The Labute approximate surface area is 111 Å². The molecule has 0 aliphatic rings. The molecule has 0 aromatic heterocycles. The molecule has 1 atom stereocenters. The minimum atomic E-state index is 0. The molecule has 6 radical (unpaired) electrons. The van der Waals surface area contributed by atoms with E-state index in [1.165, 1.54) is 0 Å². The van der Waals surface area contributed by atoms with Crippen molar-refractivity contribution in [2.24, 2.45) is 0 Å². The van der Waals surface area contributed by atoms with Crippen molar-refractivity contribution in [3.05, 3.63) is 0 Å². The van der Waals surface area contributed by atoms with Gasteiger partial charge in [-0.25, -0.2) is 0 Å². The van der Waals surface area contributed by atoms with Gasteiger partial charge in [-0.3, -0.25) is 0 Å². The molecule has 0 bridgehead atoms. The maximum absolute atomic E-state index is 0. The normalized spacial score (nSPS) is 0. The van der Waals surface area contributed by atoms with Crippen molar-refractivity contribution in [1.82, 2.24) is 6.15 Å². The van der Waals surface area contributed by atoms with Crippen molar-refractivity contribution in [1.29, 1.82) is 0 Å². The summed E-state index contributed by atoms with van der Waals surface area (Å²) in [5.41, 5.74) is 0. The summed E-state index contributed by atoms with van der Waals surface area (Å²) in [7, 11) is 0. The predicted octanol–water partition coefficient (Wildman–Crippen LogP) is -0.922. The van der Waals surface area contributed by atoms with Crippen molar-refractivity contribution < 1.29 is 0 Å². The van der Waals surface area contributed by atoms with Crippen LogP contribution < -0.4 is 6.15 Å². The maximum atomic E-state index is 0. The van der Waals surface area contributed by atoms with Crippen molar-refractivity contribution in [2.75, 3.05) is 0 Å². The van der Waals surface area contributed by atoms with Crippen LogP contribution in [0.1, 0.15) is 0 Å². The van der Waals surface area contributed by atoms with Crippen LogP contribution in [0, 0.1) is 0 Å². The molecule has 0 aliphatic carbocycles. The van der Waals surface area contributed by atoms with Gasteiger partial charge in [-0.05, 0) is 0 Å². The summed E-state index contributed by atoms with van der Waals surface area (Å²) in [5.74, 6) is 0. The predicted molar refractivity (Wildman–Crippen MR) is 33.4 cm³/mol. The Balaban J connectivity index is 0. The Hall–Kier alpha value is 3.35. The number of hydrogen-bond acceptors (Lipinski definition) is 1. The van der Waals surface area contributed by atoms with E-state index in [1.54, 1.807) is 0 Å². The zero-order chi connectivity index (χ0) is 0. The van der Waals surface area contributed by atoms with E-state index in [-0.39, 0.29) is 114 Å². The monoisotopic (exact) mass is 141 g/mol. The van der Waals surface area contributed by atoms with Crippen LogP contribution in [0.15, 0.2) is 0 Å². The number of hydrogen-bond donors (Lipinski definition) is 1. The van der Waals surface area contributed by atoms with E-state index in [4.69, 9.17) is 0 Å². The molecule has 1 unspecified atom stereocenters. The van der Waals surface area contributed by atoms with Gasteiger partial charge in [0.15, 0.2) is 0 Å². The van der Waals surface area contributed by atoms with E-state index in [1.807, 2.05) is 0 Å². The third-order valence-corrected chi connectivity index (χ3v) is 0. The molecule has 5 heavy (non-hydrogen) atoms. The molecule has 5 heteroatoms. The Morgan fingerprint density at radius 3 is 1.00 bits per heavy atom. The number of rotatable bonds is 0. The van der Waals surface area contributed by atoms with Gasteiger partial charge in [-0.15, -0.1) is 0 Å². The van der Waals surface area contributed by atoms with E-state index in [9.17, 15) is 0 Å². The summed E-state index contributed by atoms with van der Waals surface area (Å²) >= 11 is 0. The van der Waals surface area contributed by atoms with Crippen LogP contribution in [0.4, 0.5) is 0 Å². The second-order valence-electron chi connectivity index (χ2n) is 0. The fraction of sp³-hybridized carbons (Fsp3) is 0. The van der Waals surface area contributed by atoms with Crippen molar-refractivity contribution in [3.8, 4) is 0 Å². The quantitative estimate of drug-likeness (QED) is 0.343. The molecule has 0 aromatic rings. The topological polar surface area (TPSA) is 35.0 Å². The van der Waals surface area contributed by atoms with Crippen LogP contribution in [-0.4, -0.2) is 97.5 Å². The summed E-state index contributed by atoms with van der Waals surface area (Å²) in [5, 5.41) is 0. The zero-order valence-corrected chi connectivity index (χ0v) is 10.4. The third kappa shape index (κ3) is 18.7. The summed E-state index contributed by atoms with van der Waals surface area (Å²) in [4.78, 5) is 0. The standard InChI is InChI=1S/B.Ca.K.H3N.H3P/h;;;2*1H3. The first-order valence-electron chi connectivity index (χ1n) is 0. The third-order valence-electron chi connectivity index (χ3n) is 0. The molecule has 0 spiro atoms. The molecule has 0 rings (SSSR count). The molecule has 1 nitrogen and oxygen atoms in total. The molecule has 0 saturated carbocycles. The van der Waals surface area contributed by atoms with Gasteiger partial charge in [0.25, 0.3) is 0 Å². The molecular formula is H6BCaKNP. The van der Waals surface area contributed by atoms with E-state index in [2.05, 4.69) is 0 Å². The minimum absolute atomic E-state index is 0. The zero-order valence-electron chi connectivity index (χ0n) is 3.70. The fourth-order valence-electron chi connectivity index (χ4n) is 0. The van der Waals surface area contributed by atoms with E-state index < -0.39 is 0 Å². The second-order valence-corrected chi connectivity index (χ2v) is 0. The Morgan fingerprint density at radius 2 is 1.00 bits per heavy atom. The van der Waals surface area contributed by atoms with Gasteiger partial charge < -0.3 is 6.15 Å². The van der Waals surface area contributed by atoms with Crippen molar-refractivity contribution >= 4 is 107 Å². The molecule has 0 aromatic carbocycles. The molecule has 0 saturated heterocycles. The van der Waals surface area contributed by atoms with Crippen LogP contribution in [0.5, 0.6) is 0 Å².